The van der Waals surface area contributed by atoms with E-state index in [4.69, 9.17) is 10.2 Å². The van der Waals surface area contributed by atoms with Gasteiger partial charge in [0.25, 0.3) is 0 Å². The molecule has 0 saturated heterocycles. The summed E-state index contributed by atoms with van der Waals surface area (Å²) in [7, 11) is 0. The van der Waals surface area contributed by atoms with E-state index in [0.29, 0.717) is 47.7 Å². The van der Waals surface area contributed by atoms with Crippen LogP contribution in [0.25, 0.3) is 11.1 Å². The Kier molecular flexibility index (Phi) is 8.40. The molecule has 2 heterocycles. The molecule has 0 atom stereocenters. The van der Waals surface area contributed by atoms with Crippen LogP contribution < -0.4 is 10.6 Å². The van der Waals surface area contributed by atoms with Crippen LogP contribution in [0.15, 0.2) is 90.1 Å². The molecule has 1 aromatic heterocycles. The summed E-state index contributed by atoms with van der Waals surface area (Å²) in [5, 5.41) is 31.2. The Morgan fingerprint density at radius 3 is 2.44 bits per heavy atom. The molecule has 39 heavy (non-hydrogen) atoms. The number of nitrogens with zero attached hydrogens (tertiary/aromatic N) is 3. The van der Waals surface area contributed by atoms with Crippen LogP contribution in [0.5, 0.6) is 5.75 Å². The van der Waals surface area contributed by atoms with E-state index in [0.717, 1.165) is 22.3 Å². The SMILES string of the molecule is C=C1C(NC(=O)Nc2c(O)cncc2CC)=CC(c2cccc(-c3cccc(CCC(=O)O)c3)c2)=NN1CC. The van der Waals surface area contributed by atoms with Gasteiger partial charge in [-0.1, -0.05) is 56.0 Å². The predicted octanol–water partition coefficient (Wildman–Crippen LogP) is 5.29. The number of rotatable bonds is 9. The lowest BCUT2D eigenvalue weighted by Gasteiger charge is -2.27. The van der Waals surface area contributed by atoms with Crippen molar-refractivity contribution in [2.75, 3.05) is 11.9 Å². The van der Waals surface area contributed by atoms with Crippen molar-refractivity contribution in [3.63, 3.8) is 0 Å². The van der Waals surface area contributed by atoms with E-state index in [1.165, 1.54) is 6.20 Å². The molecule has 0 spiro atoms. The van der Waals surface area contributed by atoms with Gasteiger partial charge in [0, 0.05) is 24.7 Å². The molecule has 9 nitrogen and oxygen atoms in total. The number of aromatic hydroxyl groups is 1. The van der Waals surface area contributed by atoms with Gasteiger partial charge >= 0.3 is 12.0 Å². The molecule has 3 aromatic rings. The largest absolute Gasteiger partial charge is 0.504 e. The second-order valence-electron chi connectivity index (χ2n) is 9.01. The number of amides is 2. The number of aryl methyl sites for hydroxylation is 2. The summed E-state index contributed by atoms with van der Waals surface area (Å²) >= 11 is 0. The highest BCUT2D eigenvalue weighted by Crippen LogP contribution is 2.28. The lowest BCUT2D eigenvalue weighted by Crippen LogP contribution is -2.35. The zero-order valence-electron chi connectivity index (χ0n) is 21.9. The monoisotopic (exact) mass is 525 g/mol. The Morgan fingerprint density at radius 1 is 1.00 bits per heavy atom. The normalized spacial score (nSPS) is 13.0. The number of hydrazone groups is 1. The van der Waals surface area contributed by atoms with Gasteiger partial charge in [0.05, 0.1) is 29.0 Å². The van der Waals surface area contributed by atoms with Crippen LogP contribution in [0.2, 0.25) is 0 Å². The van der Waals surface area contributed by atoms with Gasteiger partial charge in [0.1, 0.15) is 0 Å². The number of carbonyl (C=O) groups is 2. The number of hydrogen-bond acceptors (Lipinski definition) is 6. The van der Waals surface area contributed by atoms with Crippen LogP contribution in [0.4, 0.5) is 10.5 Å². The van der Waals surface area contributed by atoms with Crippen molar-refractivity contribution in [1.29, 1.82) is 0 Å². The maximum Gasteiger partial charge on any atom is 0.323 e. The molecule has 2 amide bonds. The quantitative estimate of drug-likeness (QED) is 0.301. The molecule has 0 radical (unpaired) electrons. The zero-order chi connectivity index (χ0) is 27.9. The summed E-state index contributed by atoms with van der Waals surface area (Å²) in [6, 6.07) is 15.2. The number of benzene rings is 2. The topological polar surface area (TPSA) is 127 Å². The fourth-order valence-corrected chi connectivity index (χ4v) is 4.28. The number of carbonyl (C=O) groups excluding carboxylic acids is 1. The van der Waals surface area contributed by atoms with E-state index in [-0.39, 0.29) is 12.2 Å². The number of nitrogens with one attached hydrogen (secondary N) is 2. The Labute approximate surface area is 227 Å². The Hall–Kier alpha value is -4.92. The van der Waals surface area contributed by atoms with Crippen molar-refractivity contribution >= 4 is 23.4 Å². The van der Waals surface area contributed by atoms with Gasteiger partial charge in [-0.25, -0.2) is 4.79 Å². The van der Waals surface area contributed by atoms with Crippen molar-refractivity contribution < 1.29 is 19.8 Å². The first-order chi connectivity index (χ1) is 18.8. The number of likely N-dealkylation sites (N-methyl/N-ethyl adjacent to an activating group) is 1. The highest BCUT2D eigenvalue weighted by Gasteiger charge is 2.21. The summed E-state index contributed by atoms with van der Waals surface area (Å²) in [4.78, 5) is 27.9. The first-order valence-corrected chi connectivity index (χ1v) is 12.7. The van der Waals surface area contributed by atoms with Crippen LogP contribution in [0.3, 0.4) is 0 Å². The number of carboxylic acid groups (broad SMARTS) is 1. The fraction of sp³-hybridized carbons (Fsp3) is 0.200. The molecule has 0 fully saturated rings. The number of carboxylic acids is 1. The molecular formula is C30H31N5O4. The van der Waals surface area contributed by atoms with Gasteiger partial charge in [0.15, 0.2) is 5.75 Å². The summed E-state index contributed by atoms with van der Waals surface area (Å²) in [5.41, 5.74) is 6.40. The molecule has 0 unspecified atom stereocenters. The maximum absolute atomic E-state index is 12.9. The lowest BCUT2D eigenvalue weighted by molar-refractivity contribution is -0.136. The Morgan fingerprint density at radius 2 is 1.72 bits per heavy atom. The Bertz CT molecular complexity index is 1480. The second kappa shape index (κ2) is 12.1. The van der Waals surface area contributed by atoms with E-state index >= 15 is 0 Å². The van der Waals surface area contributed by atoms with Crippen molar-refractivity contribution in [3.8, 4) is 16.9 Å². The molecule has 0 saturated carbocycles. The molecule has 4 N–H and O–H groups in total. The first kappa shape index (κ1) is 27.1. The van der Waals surface area contributed by atoms with Gasteiger partial charge in [-0.15, -0.1) is 0 Å². The third kappa shape index (κ3) is 6.51. The molecular weight excluding hydrogens is 494 g/mol. The van der Waals surface area contributed by atoms with E-state index in [2.05, 4.69) is 22.2 Å². The summed E-state index contributed by atoms with van der Waals surface area (Å²) in [6.07, 6.45) is 5.78. The number of pyridine rings is 1. The summed E-state index contributed by atoms with van der Waals surface area (Å²) in [5.74, 6) is -0.935. The van der Waals surface area contributed by atoms with E-state index in [1.54, 1.807) is 17.3 Å². The molecule has 200 valence electrons. The van der Waals surface area contributed by atoms with Crippen molar-refractivity contribution in [1.82, 2.24) is 15.3 Å². The predicted molar refractivity (Wildman–Crippen MR) is 151 cm³/mol. The molecule has 0 aliphatic carbocycles. The van der Waals surface area contributed by atoms with Gasteiger partial charge < -0.3 is 20.8 Å². The van der Waals surface area contributed by atoms with Crippen LogP contribution in [-0.4, -0.2) is 44.5 Å². The number of aromatic nitrogens is 1. The third-order valence-electron chi connectivity index (χ3n) is 6.35. The summed E-state index contributed by atoms with van der Waals surface area (Å²) in [6.45, 7) is 8.49. The minimum absolute atomic E-state index is 0.0751. The smallest absolute Gasteiger partial charge is 0.323 e. The van der Waals surface area contributed by atoms with Crippen LogP contribution >= 0.6 is 0 Å². The van der Waals surface area contributed by atoms with Crippen LogP contribution in [0.1, 0.15) is 37.0 Å². The molecule has 0 bridgehead atoms. The van der Waals surface area contributed by atoms with Crippen molar-refractivity contribution in [2.45, 2.75) is 33.1 Å². The molecule has 9 heteroatoms. The third-order valence-corrected chi connectivity index (χ3v) is 6.35. The first-order valence-electron chi connectivity index (χ1n) is 12.7. The Balaban J connectivity index is 1.59. The van der Waals surface area contributed by atoms with Gasteiger partial charge in [-0.2, -0.15) is 5.10 Å². The van der Waals surface area contributed by atoms with Gasteiger partial charge in [-0.05, 0) is 54.2 Å². The highest BCUT2D eigenvalue weighted by molar-refractivity contribution is 6.11. The molecule has 1 aliphatic heterocycles. The second-order valence-corrected chi connectivity index (χ2v) is 9.01. The summed E-state index contributed by atoms with van der Waals surface area (Å²) < 4.78 is 0. The zero-order valence-corrected chi connectivity index (χ0v) is 21.9. The lowest BCUT2D eigenvalue weighted by atomic mass is 9.97. The molecule has 1 aliphatic rings. The van der Waals surface area contributed by atoms with Crippen LogP contribution in [-0.2, 0) is 17.6 Å². The molecule has 4 rings (SSSR count). The fourth-order valence-electron chi connectivity index (χ4n) is 4.28. The van der Waals surface area contributed by atoms with Gasteiger partial charge in [-0.3, -0.25) is 14.8 Å². The number of anilines is 1. The number of allylic oxidation sites excluding steroid dienone is 1. The van der Waals surface area contributed by atoms with Crippen molar-refractivity contribution in [3.05, 3.63) is 102 Å². The number of hydrogen-bond donors (Lipinski definition) is 4. The van der Waals surface area contributed by atoms with Crippen molar-refractivity contribution in [2.24, 2.45) is 5.10 Å². The minimum Gasteiger partial charge on any atom is -0.504 e. The van der Waals surface area contributed by atoms with E-state index in [9.17, 15) is 14.7 Å². The van der Waals surface area contributed by atoms with Gasteiger partial charge in [0.2, 0.25) is 0 Å². The van der Waals surface area contributed by atoms with E-state index < -0.39 is 12.0 Å². The average Bonchev–Trinajstić information content (AvgIpc) is 2.94. The number of aliphatic carboxylic acids is 1. The molecule has 2 aromatic carbocycles. The minimum atomic E-state index is -0.826. The van der Waals surface area contributed by atoms with Crippen LogP contribution in [0, 0.1) is 0 Å². The number of urea groups is 1. The standard InChI is InChI=1S/C30H31N5O4/c1-4-21-17-31-18-27(36)29(21)33-30(39)32-25-16-26(34-35(5-2)19(25)3)24-11-7-10-23(15-24)22-9-6-8-20(14-22)12-13-28(37)38/h6-11,14-18,36H,3-5,12-13H2,1-2H3,(H,37,38)(H2,31,32,33,39). The highest BCUT2D eigenvalue weighted by atomic mass is 16.4. The average molecular weight is 526 g/mol. The maximum atomic E-state index is 12.9. The van der Waals surface area contributed by atoms with E-state index in [1.807, 2.05) is 62.4 Å².